The minimum Gasteiger partial charge on any atom is -0.504 e. The molecular formula is C21H18FN3O4. The first-order valence-electron chi connectivity index (χ1n) is 8.75. The highest BCUT2D eigenvalue weighted by atomic mass is 19.1. The maximum Gasteiger partial charge on any atom is 0.322 e. The first kappa shape index (κ1) is 19.9. The summed E-state index contributed by atoms with van der Waals surface area (Å²) in [7, 11) is 0. The molecule has 0 atom stereocenters. The number of carbonyl (C=O) groups excluding carboxylic acids is 1. The Morgan fingerprint density at radius 2 is 1.59 bits per heavy atom. The molecule has 0 fully saturated rings. The molecule has 7 nitrogen and oxygen atoms in total. The number of hydrogen-bond acceptors (Lipinski definition) is 5. The van der Waals surface area contributed by atoms with Gasteiger partial charge in [-0.2, -0.15) is 0 Å². The van der Waals surface area contributed by atoms with Gasteiger partial charge in [0.1, 0.15) is 18.2 Å². The summed E-state index contributed by atoms with van der Waals surface area (Å²) in [5.41, 5.74) is 2.63. The van der Waals surface area contributed by atoms with Crippen LogP contribution in [0.15, 0.2) is 48.5 Å². The van der Waals surface area contributed by atoms with Crippen LogP contribution in [0.2, 0.25) is 0 Å². The van der Waals surface area contributed by atoms with E-state index in [-0.39, 0.29) is 23.0 Å². The van der Waals surface area contributed by atoms with Gasteiger partial charge in [0.15, 0.2) is 11.4 Å². The fourth-order valence-electron chi connectivity index (χ4n) is 2.74. The van der Waals surface area contributed by atoms with Gasteiger partial charge in [-0.15, -0.1) is 0 Å². The fraction of sp³-hybridized carbons (Fsp3) is 0.143. The van der Waals surface area contributed by atoms with Crippen LogP contribution in [0.5, 0.6) is 5.75 Å². The van der Waals surface area contributed by atoms with Gasteiger partial charge in [0, 0.05) is 6.42 Å². The Morgan fingerprint density at radius 1 is 1.00 bits per heavy atom. The summed E-state index contributed by atoms with van der Waals surface area (Å²) in [6.45, 7) is 0.952. The summed E-state index contributed by atoms with van der Waals surface area (Å²) < 4.78 is 13.1. The zero-order valence-electron chi connectivity index (χ0n) is 15.5. The lowest BCUT2D eigenvalue weighted by Crippen LogP contribution is -2.30. The van der Waals surface area contributed by atoms with Crippen molar-refractivity contribution in [2.24, 2.45) is 0 Å². The normalized spacial score (nSPS) is 10.6. The van der Waals surface area contributed by atoms with Crippen molar-refractivity contribution < 1.29 is 24.2 Å². The highest BCUT2D eigenvalue weighted by Crippen LogP contribution is 2.22. The number of hydrogen-bond donors (Lipinski definition) is 3. The van der Waals surface area contributed by atoms with E-state index >= 15 is 0 Å². The van der Waals surface area contributed by atoms with Gasteiger partial charge in [0.05, 0.1) is 5.69 Å². The molecule has 0 aliphatic rings. The van der Waals surface area contributed by atoms with Crippen LogP contribution in [0.4, 0.5) is 4.39 Å². The minimum absolute atomic E-state index is 0.221. The second-order valence-electron chi connectivity index (χ2n) is 6.38. The SMILES string of the molecule is Cc1nc(Cc2ccc(-c3ccc(F)cc3)cc2)nc(C(=O)NCC(=O)O)c1O. The number of carboxylic acid groups (broad SMARTS) is 1. The number of nitrogens with zero attached hydrogens (tertiary/aromatic N) is 2. The van der Waals surface area contributed by atoms with E-state index in [9.17, 15) is 19.1 Å². The van der Waals surface area contributed by atoms with E-state index < -0.39 is 18.4 Å². The van der Waals surface area contributed by atoms with Crippen LogP contribution in [0.3, 0.4) is 0 Å². The third-order valence-corrected chi connectivity index (χ3v) is 4.21. The van der Waals surface area contributed by atoms with Crippen LogP contribution in [-0.4, -0.2) is 38.6 Å². The minimum atomic E-state index is -1.20. The Labute approximate surface area is 165 Å². The summed E-state index contributed by atoms with van der Waals surface area (Å²) in [4.78, 5) is 31.0. The molecule has 3 N–H and O–H groups in total. The summed E-state index contributed by atoms with van der Waals surface area (Å²) in [5, 5.41) is 20.9. The fourth-order valence-corrected chi connectivity index (χ4v) is 2.74. The van der Waals surface area contributed by atoms with Crippen LogP contribution >= 0.6 is 0 Å². The number of carboxylic acids is 1. The van der Waals surface area contributed by atoms with Gasteiger partial charge in [-0.05, 0) is 35.7 Å². The number of benzene rings is 2. The van der Waals surface area contributed by atoms with E-state index in [2.05, 4.69) is 15.3 Å². The lowest BCUT2D eigenvalue weighted by Gasteiger charge is -2.09. The van der Waals surface area contributed by atoms with Crippen LogP contribution in [-0.2, 0) is 11.2 Å². The molecule has 8 heteroatoms. The molecule has 0 radical (unpaired) electrons. The number of aryl methyl sites for hydroxylation is 1. The zero-order valence-corrected chi connectivity index (χ0v) is 15.5. The van der Waals surface area contributed by atoms with Crippen molar-refractivity contribution in [3.63, 3.8) is 0 Å². The molecule has 0 spiro atoms. The number of halogens is 1. The van der Waals surface area contributed by atoms with Crippen LogP contribution in [0.25, 0.3) is 11.1 Å². The summed E-state index contributed by atoms with van der Waals surface area (Å²) in [5.74, 6) is -2.36. The van der Waals surface area contributed by atoms with E-state index in [1.54, 1.807) is 12.1 Å². The molecule has 3 rings (SSSR count). The molecule has 1 amide bonds. The van der Waals surface area contributed by atoms with E-state index in [4.69, 9.17) is 5.11 Å². The van der Waals surface area contributed by atoms with E-state index in [0.29, 0.717) is 12.2 Å². The second-order valence-corrected chi connectivity index (χ2v) is 6.38. The summed E-state index contributed by atoms with van der Waals surface area (Å²) in [6, 6.07) is 13.7. The molecular weight excluding hydrogens is 377 g/mol. The molecule has 0 unspecified atom stereocenters. The van der Waals surface area contributed by atoms with Crippen molar-refractivity contribution in [3.05, 3.63) is 77.1 Å². The standard InChI is InChI=1S/C21H18FN3O4/c1-12-20(28)19(21(29)23-11-18(26)27)25-17(24-12)10-13-2-4-14(5-3-13)15-6-8-16(22)9-7-15/h2-9,28H,10-11H2,1H3,(H,23,29)(H,26,27). The van der Waals surface area contributed by atoms with Gasteiger partial charge in [0.2, 0.25) is 0 Å². The maximum absolute atomic E-state index is 13.1. The van der Waals surface area contributed by atoms with Crippen molar-refractivity contribution in [3.8, 4) is 16.9 Å². The Hall–Kier alpha value is -3.81. The average Bonchev–Trinajstić information content (AvgIpc) is 2.70. The third-order valence-electron chi connectivity index (χ3n) is 4.21. The molecule has 0 saturated heterocycles. The number of aromatic hydroxyl groups is 1. The van der Waals surface area contributed by atoms with Crippen molar-refractivity contribution in [1.29, 1.82) is 0 Å². The molecule has 0 aliphatic heterocycles. The molecule has 0 aliphatic carbocycles. The lowest BCUT2D eigenvalue weighted by molar-refractivity contribution is -0.135. The number of amides is 1. The molecule has 148 valence electrons. The van der Waals surface area contributed by atoms with Crippen LogP contribution in [0.1, 0.15) is 27.6 Å². The monoisotopic (exact) mass is 395 g/mol. The van der Waals surface area contributed by atoms with Gasteiger partial charge >= 0.3 is 5.97 Å². The number of aliphatic carboxylic acids is 1. The third kappa shape index (κ3) is 4.92. The summed E-state index contributed by atoms with van der Waals surface area (Å²) in [6.07, 6.45) is 0.310. The largest absolute Gasteiger partial charge is 0.504 e. The number of carbonyl (C=O) groups is 2. The first-order chi connectivity index (χ1) is 13.8. The zero-order chi connectivity index (χ0) is 21.0. The number of rotatable bonds is 6. The smallest absolute Gasteiger partial charge is 0.322 e. The van der Waals surface area contributed by atoms with Gasteiger partial charge in [-0.25, -0.2) is 14.4 Å². The van der Waals surface area contributed by atoms with E-state index in [1.165, 1.54) is 19.1 Å². The predicted molar refractivity (Wildman–Crippen MR) is 103 cm³/mol. The Morgan fingerprint density at radius 3 is 2.17 bits per heavy atom. The molecule has 3 aromatic rings. The molecule has 0 saturated carbocycles. The van der Waals surface area contributed by atoms with Crippen molar-refractivity contribution in [2.75, 3.05) is 6.54 Å². The second kappa shape index (κ2) is 8.47. The Bertz CT molecular complexity index is 1050. The number of nitrogens with one attached hydrogen (secondary N) is 1. The highest BCUT2D eigenvalue weighted by Gasteiger charge is 2.18. The van der Waals surface area contributed by atoms with Crippen LogP contribution in [0, 0.1) is 12.7 Å². The predicted octanol–water partition coefficient (Wildman–Crippen LogP) is 2.70. The van der Waals surface area contributed by atoms with Gasteiger partial charge in [0.25, 0.3) is 5.91 Å². The molecule has 0 bridgehead atoms. The lowest BCUT2D eigenvalue weighted by atomic mass is 10.0. The molecule has 2 aromatic carbocycles. The van der Waals surface area contributed by atoms with Gasteiger partial charge in [-0.3, -0.25) is 9.59 Å². The Balaban J connectivity index is 1.80. The topological polar surface area (TPSA) is 112 Å². The van der Waals surface area contributed by atoms with Crippen LogP contribution < -0.4 is 5.32 Å². The van der Waals surface area contributed by atoms with Crippen molar-refractivity contribution in [2.45, 2.75) is 13.3 Å². The first-order valence-corrected chi connectivity index (χ1v) is 8.75. The number of aromatic nitrogens is 2. The molecule has 1 aromatic heterocycles. The van der Waals surface area contributed by atoms with Crippen molar-refractivity contribution in [1.82, 2.24) is 15.3 Å². The average molecular weight is 395 g/mol. The summed E-state index contributed by atoms with van der Waals surface area (Å²) >= 11 is 0. The van der Waals surface area contributed by atoms with E-state index in [0.717, 1.165) is 16.7 Å². The maximum atomic E-state index is 13.1. The molecule has 1 heterocycles. The Kier molecular flexibility index (Phi) is 5.82. The van der Waals surface area contributed by atoms with E-state index in [1.807, 2.05) is 24.3 Å². The van der Waals surface area contributed by atoms with Gasteiger partial charge < -0.3 is 15.5 Å². The van der Waals surface area contributed by atoms with Crippen molar-refractivity contribution >= 4 is 11.9 Å². The molecule has 29 heavy (non-hydrogen) atoms. The quantitative estimate of drug-likeness (QED) is 0.592. The highest BCUT2D eigenvalue weighted by molar-refractivity contribution is 5.96. The van der Waals surface area contributed by atoms with Gasteiger partial charge in [-0.1, -0.05) is 36.4 Å².